The van der Waals surface area contributed by atoms with Crippen LogP contribution < -0.4 is 5.32 Å². The third-order valence-electron chi connectivity index (χ3n) is 3.49. The van der Waals surface area contributed by atoms with Gasteiger partial charge in [-0.05, 0) is 12.8 Å². The van der Waals surface area contributed by atoms with Crippen LogP contribution in [-0.2, 0) is 0 Å². The second-order valence-electron chi connectivity index (χ2n) is 4.38. The predicted molar refractivity (Wildman–Crippen MR) is 51.5 cm³/mol. The molecule has 0 unspecified atom stereocenters. The normalized spacial score (nSPS) is 37.3. The molecule has 0 aromatic rings. The van der Waals surface area contributed by atoms with Crippen molar-refractivity contribution in [3.63, 3.8) is 0 Å². The lowest BCUT2D eigenvalue weighted by atomic mass is 9.68. The molecule has 1 saturated carbocycles. The van der Waals surface area contributed by atoms with Crippen molar-refractivity contribution in [1.82, 2.24) is 10.2 Å². The molecule has 0 bridgehead atoms. The summed E-state index contributed by atoms with van der Waals surface area (Å²) in [5.74, 6) is -0.570. The lowest BCUT2D eigenvalue weighted by molar-refractivity contribution is -0.0594. The SMILES string of the molecule is N#CC1(N2CCNCC2)CC(C(F)F)C1. The molecule has 1 N–H and O–H groups in total. The number of rotatable bonds is 2. The number of alkyl halides is 2. The number of piperazine rings is 1. The average Bonchev–Trinajstić information content (AvgIpc) is 2.18. The summed E-state index contributed by atoms with van der Waals surface area (Å²) in [6.07, 6.45) is -1.60. The molecule has 0 aromatic heterocycles. The molecule has 0 radical (unpaired) electrons. The molecule has 0 spiro atoms. The van der Waals surface area contributed by atoms with Crippen LogP contribution in [0, 0.1) is 17.2 Å². The van der Waals surface area contributed by atoms with Crippen LogP contribution >= 0.6 is 0 Å². The molecule has 5 heteroatoms. The van der Waals surface area contributed by atoms with Crippen molar-refractivity contribution in [2.45, 2.75) is 24.8 Å². The van der Waals surface area contributed by atoms with E-state index in [4.69, 9.17) is 5.26 Å². The van der Waals surface area contributed by atoms with Crippen LogP contribution in [0.3, 0.4) is 0 Å². The molecule has 0 atom stereocenters. The number of nitrogens with one attached hydrogen (secondary N) is 1. The summed E-state index contributed by atoms with van der Waals surface area (Å²) in [6.45, 7) is 3.29. The smallest absolute Gasteiger partial charge is 0.241 e. The van der Waals surface area contributed by atoms with Gasteiger partial charge in [0.1, 0.15) is 5.54 Å². The highest BCUT2D eigenvalue weighted by atomic mass is 19.3. The van der Waals surface area contributed by atoms with Crippen molar-refractivity contribution in [3.05, 3.63) is 0 Å². The van der Waals surface area contributed by atoms with Gasteiger partial charge in [0.2, 0.25) is 6.43 Å². The maximum Gasteiger partial charge on any atom is 0.241 e. The Morgan fingerprint density at radius 2 is 1.93 bits per heavy atom. The van der Waals surface area contributed by atoms with Gasteiger partial charge < -0.3 is 5.32 Å². The largest absolute Gasteiger partial charge is 0.314 e. The fourth-order valence-corrected chi connectivity index (χ4v) is 2.50. The number of hydrogen-bond acceptors (Lipinski definition) is 3. The predicted octanol–water partition coefficient (Wildman–Crippen LogP) is 0.829. The maximum atomic E-state index is 12.4. The second kappa shape index (κ2) is 4.03. The Balaban J connectivity index is 1.97. The fourth-order valence-electron chi connectivity index (χ4n) is 2.50. The summed E-state index contributed by atoms with van der Waals surface area (Å²) in [7, 11) is 0. The molecule has 84 valence electrons. The fraction of sp³-hybridized carbons (Fsp3) is 0.900. The van der Waals surface area contributed by atoms with Crippen LogP contribution in [0.15, 0.2) is 0 Å². The molecule has 1 saturated heterocycles. The van der Waals surface area contributed by atoms with Crippen LogP contribution in [0.2, 0.25) is 0 Å². The Hall–Kier alpha value is -0.730. The van der Waals surface area contributed by atoms with E-state index in [0.29, 0.717) is 12.8 Å². The van der Waals surface area contributed by atoms with Crippen LogP contribution in [-0.4, -0.2) is 43.0 Å². The van der Waals surface area contributed by atoms with E-state index in [2.05, 4.69) is 16.3 Å². The summed E-state index contributed by atoms with van der Waals surface area (Å²) >= 11 is 0. The van der Waals surface area contributed by atoms with Gasteiger partial charge in [0, 0.05) is 32.1 Å². The average molecular weight is 215 g/mol. The van der Waals surface area contributed by atoms with E-state index in [-0.39, 0.29) is 0 Å². The highest BCUT2D eigenvalue weighted by Gasteiger charge is 2.52. The van der Waals surface area contributed by atoms with E-state index in [1.54, 1.807) is 0 Å². The molecular formula is C10H15F2N3. The van der Waals surface area contributed by atoms with Gasteiger partial charge in [-0.2, -0.15) is 5.26 Å². The van der Waals surface area contributed by atoms with E-state index in [1.165, 1.54) is 0 Å². The van der Waals surface area contributed by atoms with Gasteiger partial charge in [0.25, 0.3) is 0 Å². The number of nitriles is 1. The molecule has 15 heavy (non-hydrogen) atoms. The molecule has 1 aliphatic carbocycles. The first-order valence-corrected chi connectivity index (χ1v) is 5.33. The summed E-state index contributed by atoms with van der Waals surface area (Å²) in [5, 5.41) is 12.3. The Morgan fingerprint density at radius 3 is 2.40 bits per heavy atom. The van der Waals surface area contributed by atoms with Crippen molar-refractivity contribution in [1.29, 1.82) is 5.26 Å². The zero-order chi connectivity index (χ0) is 10.9. The van der Waals surface area contributed by atoms with Gasteiger partial charge >= 0.3 is 0 Å². The first-order chi connectivity index (χ1) is 7.18. The van der Waals surface area contributed by atoms with Crippen molar-refractivity contribution in [3.8, 4) is 6.07 Å². The lowest BCUT2D eigenvalue weighted by Crippen LogP contribution is -2.62. The van der Waals surface area contributed by atoms with Crippen LogP contribution in [0.1, 0.15) is 12.8 Å². The minimum atomic E-state index is -2.27. The quantitative estimate of drug-likeness (QED) is 0.741. The molecule has 2 rings (SSSR count). The molecular weight excluding hydrogens is 200 g/mol. The number of nitrogens with zero attached hydrogens (tertiary/aromatic N) is 2. The molecule has 1 aliphatic heterocycles. The molecule has 1 heterocycles. The Labute approximate surface area is 88.0 Å². The van der Waals surface area contributed by atoms with Gasteiger partial charge in [-0.15, -0.1) is 0 Å². The second-order valence-corrected chi connectivity index (χ2v) is 4.38. The number of halogens is 2. The monoisotopic (exact) mass is 215 g/mol. The third-order valence-corrected chi connectivity index (χ3v) is 3.49. The molecule has 2 fully saturated rings. The van der Waals surface area contributed by atoms with E-state index >= 15 is 0 Å². The zero-order valence-corrected chi connectivity index (χ0v) is 8.55. The Morgan fingerprint density at radius 1 is 1.33 bits per heavy atom. The lowest BCUT2D eigenvalue weighted by Gasteiger charge is -2.50. The van der Waals surface area contributed by atoms with Crippen molar-refractivity contribution in [2.24, 2.45) is 5.92 Å². The van der Waals surface area contributed by atoms with Crippen LogP contribution in [0.4, 0.5) is 8.78 Å². The molecule has 2 aliphatic rings. The minimum absolute atomic E-state index is 0.334. The van der Waals surface area contributed by atoms with E-state index in [1.807, 2.05) is 0 Å². The topological polar surface area (TPSA) is 39.1 Å². The van der Waals surface area contributed by atoms with Crippen molar-refractivity contribution in [2.75, 3.05) is 26.2 Å². The Kier molecular flexibility index (Phi) is 2.89. The van der Waals surface area contributed by atoms with Gasteiger partial charge in [-0.1, -0.05) is 0 Å². The minimum Gasteiger partial charge on any atom is -0.314 e. The van der Waals surface area contributed by atoms with Gasteiger partial charge in [-0.25, -0.2) is 8.78 Å². The highest BCUT2D eigenvalue weighted by Crippen LogP contribution is 2.45. The summed E-state index contributed by atoms with van der Waals surface area (Å²) in [4.78, 5) is 2.06. The Bertz CT molecular complexity index is 262. The molecule has 0 amide bonds. The van der Waals surface area contributed by atoms with Crippen molar-refractivity contribution < 1.29 is 8.78 Å². The first kappa shape index (κ1) is 10.8. The van der Waals surface area contributed by atoms with Gasteiger partial charge in [0.15, 0.2) is 0 Å². The number of hydrogen-bond donors (Lipinski definition) is 1. The summed E-state index contributed by atoms with van der Waals surface area (Å²) in [6, 6.07) is 2.23. The van der Waals surface area contributed by atoms with E-state index in [0.717, 1.165) is 26.2 Å². The standard InChI is InChI=1S/C10H15F2N3/c11-9(12)8-5-10(6-8,7-13)15-3-1-14-2-4-15/h8-9,14H,1-6H2. The summed E-state index contributed by atoms with van der Waals surface area (Å²) in [5.41, 5.74) is -0.594. The van der Waals surface area contributed by atoms with Crippen LogP contribution in [0.25, 0.3) is 0 Å². The highest BCUT2D eigenvalue weighted by molar-refractivity contribution is 5.17. The van der Waals surface area contributed by atoms with E-state index in [9.17, 15) is 8.78 Å². The first-order valence-electron chi connectivity index (χ1n) is 5.33. The maximum absolute atomic E-state index is 12.4. The summed E-state index contributed by atoms with van der Waals surface area (Å²) < 4.78 is 24.8. The van der Waals surface area contributed by atoms with E-state index < -0.39 is 17.9 Å². The molecule has 3 nitrogen and oxygen atoms in total. The van der Waals surface area contributed by atoms with Crippen molar-refractivity contribution >= 4 is 0 Å². The van der Waals surface area contributed by atoms with Gasteiger partial charge in [0.05, 0.1) is 6.07 Å². The molecule has 0 aromatic carbocycles. The van der Waals surface area contributed by atoms with Crippen LogP contribution in [0.5, 0.6) is 0 Å². The zero-order valence-electron chi connectivity index (χ0n) is 8.55. The third kappa shape index (κ3) is 1.84. The van der Waals surface area contributed by atoms with Gasteiger partial charge in [-0.3, -0.25) is 4.90 Å².